The Labute approximate surface area is 79.0 Å². The first-order valence-electron chi connectivity index (χ1n) is 5.18. The first kappa shape index (κ1) is 9.00. The lowest BCUT2D eigenvalue weighted by Crippen LogP contribution is -2.45. The van der Waals surface area contributed by atoms with E-state index in [2.05, 4.69) is 4.90 Å². The maximum absolute atomic E-state index is 10.9. The quantitative estimate of drug-likeness (QED) is 0.572. The molecule has 2 heterocycles. The monoisotopic (exact) mass is 183 g/mol. The van der Waals surface area contributed by atoms with Crippen molar-refractivity contribution in [1.29, 1.82) is 0 Å². The van der Waals surface area contributed by atoms with Crippen molar-refractivity contribution in [1.82, 2.24) is 4.90 Å². The van der Waals surface area contributed by atoms with Crippen molar-refractivity contribution in [2.45, 2.75) is 44.8 Å². The van der Waals surface area contributed by atoms with E-state index >= 15 is 0 Å². The van der Waals surface area contributed by atoms with E-state index in [9.17, 15) is 4.79 Å². The van der Waals surface area contributed by atoms with Crippen LogP contribution in [0.25, 0.3) is 0 Å². The molecule has 2 aliphatic heterocycles. The van der Waals surface area contributed by atoms with Crippen molar-refractivity contribution < 1.29 is 9.53 Å². The third-order valence-electron chi connectivity index (χ3n) is 3.09. The summed E-state index contributed by atoms with van der Waals surface area (Å²) in [6, 6.07) is 0.526. The summed E-state index contributed by atoms with van der Waals surface area (Å²) in [5.41, 5.74) is 0. The highest BCUT2D eigenvalue weighted by atomic mass is 16.5. The van der Waals surface area contributed by atoms with Crippen LogP contribution < -0.4 is 0 Å². The number of fused-ring (bicyclic) bond motifs is 1. The van der Waals surface area contributed by atoms with Crippen molar-refractivity contribution in [3.8, 4) is 0 Å². The summed E-state index contributed by atoms with van der Waals surface area (Å²) in [6.45, 7) is 3.90. The summed E-state index contributed by atoms with van der Waals surface area (Å²) < 4.78 is 5.32. The Morgan fingerprint density at radius 1 is 1.31 bits per heavy atom. The van der Waals surface area contributed by atoms with Crippen LogP contribution in [-0.2, 0) is 9.53 Å². The third-order valence-corrected chi connectivity index (χ3v) is 3.09. The summed E-state index contributed by atoms with van der Waals surface area (Å²) in [5, 5.41) is 0. The van der Waals surface area contributed by atoms with Gasteiger partial charge < -0.3 is 4.74 Å². The Bertz CT molecular complexity index is 205. The number of rotatable bonds is 1. The Balaban J connectivity index is 1.97. The van der Waals surface area contributed by atoms with Gasteiger partial charge in [-0.05, 0) is 38.8 Å². The van der Waals surface area contributed by atoms with E-state index in [1.807, 2.05) is 0 Å². The molecule has 0 aromatic rings. The largest absolute Gasteiger partial charge is 0.461 e. The van der Waals surface area contributed by atoms with Crippen LogP contribution in [0.5, 0.6) is 0 Å². The van der Waals surface area contributed by atoms with Gasteiger partial charge in [-0.15, -0.1) is 0 Å². The standard InChI is InChI=1S/C10H17NO2/c1-8(12)13-10-5-3-7-11-6-2-4-9(10)11/h9-10H,2-7H2,1H3/t9-,10+/m1/s1. The number of carbonyl (C=O) groups is 1. The molecule has 0 saturated carbocycles. The minimum absolute atomic E-state index is 0.126. The van der Waals surface area contributed by atoms with Crippen molar-refractivity contribution in [3.63, 3.8) is 0 Å². The number of hydrogen-bond acceptors (Lipinski definition) is 3. The molecule has 0 aliphatic carbocycles. The summed E-state index contributed by atoms with van der Waals surface area (Å²) in [5.74, 6) is -0.126. The zero-order chi connectivity index (χ0) is 9.26. The minimum atomic E-state index is -0.126. The summed E-state index contributed by atoms with van der Waals surface area (Å²) in [4.78, 5) is 13.3. The molecular weight excluding hydrogens is 166 g/mol. The molecule has 0 aromatic heterocycles. The summed E-state index contributed by atoms with van der Waals surface area (Å²) in [6.07, 6.45) is 4.88. The predicted molar refractivity (Wildman–Crippen MR) is 49.4 cm³/mol. The molecule has 3 nitrogen and oxygen atoms in total. The van der Waals surface area contributed by atoms with Crippen LogP contribution in [-0.4, -0.2) is 36.1 Å². The molecule has 0 unspecified atom stereocenters. The number of piperidine rings is 1. The van der Waals surface area contributed by atoms with E-state index in [1.165, 1.54) is 39.3 Å². The van der Waals surface area contributed by atoms with Crippen LogP contribution in [0.15, 0.2) is 0 Å². The highest BCUT2D eigenvalue weighted by Gasteiger charge is 2.36. The molecule has 2 rings (SSSR count). The molecule has 0 bridgehead atoms. The van der Waals surface area contributed by atoms with E-state index in [1.54, 1.807) is 0 Å². The average molecular weight is 183 g/mol. The zero-order valence-corrected chi connectivity index (χ0v) is 8.16. The maximum Gasteiger partial charge on any atom is 0.302 e. The van der Waals surface area contributed by atoms with E-state index in [0.29, 0.717) is 6.04 Å². The van der Waals surface area contributed by atoms with E-state index in [0.717, 1.165) is 6.42 Å². The predicted octanol–water partition coefficient (Wildman–Crippen LogP) is 1.18. The average Bonchev–Trinajstić information content (AvgIpc) is 2.51. The van der Waals surface area contributed by atoms with E-state index < -0.39 is 0 Å². The molecule has 3 heteroatoms. The normalized spacial score (nSPS) is 34.2. The number of esters is 1. The lowest BCUT2D eigenvalue weighted by molar-refractivity contribution is -0.151. The first-order valence-corrected chi connectivity index (χ1v) is 5.18. The molecule has 2 saturated heterocycles. The SMILES string of the molecule is CC(=O)O[C@H]1CCCN2CCC[C@H]12. The van der Waals surface area contributed by atoms with Crippen LogP contribution >= 0.6 is 0 Å². The summed E-state index contributed by atoms with van der Waals surface area (Å²) >= 11 is 0. The minimum Gasteiger partial charge on any atom is -0.461 e. The number of hydrogen-bond donors (Lipinski definition) is 0. The molecule has 2 fully saturated rings. The van der Waals surface area contributed by atoms with Crippen molar-refractivity contribution >= 4 is 5.97 Å². The Kier molecular flexibility index (Phi) is 2.54. The fourth-order valence-electron chi connectivity index (χ4n) is 2.59. The lowest BCUT2D eigenvalue weighted by atomic mass is 9.99. The number of carbonyl (C=O) groups excluding carboxylic acids is 1. The van der Waals surface area contributed by atoms with Gasteiger partial charge in [-0.25, -0.2) is 0 Å². The van der Waals surface area contributed by atoms with Crippen LogP contribution in [0, 0.1) is 0 Å². The van der Waals surface area contributed by atoms with Gasteiger partial charge in [0.05, 0.1) is 0 Å². The van der Waals surface area contributed by atoms with Gasteiger partial charge in [0.15, 0.2) is 0 Å². The molecule has 2 aliphatic rings. The zero-order valence-electron chi connectivity index (χ0n) is 8.16. The first-order chi connectivity index (χ1) is 6.27. The highest BCUT2D eigenvalue weighted by Crippen LogP contribution is 2.28. The second kappa shape index (κ2) is 3.66. The van der Waals surface area contributed by atoms with Crippen LogP contribution in [0.2, 0.25) is 0 Å². The molecule has 0 N–H and O–H groups in total. The smallest absolute Gasteiger partial charge is 0.302 e. The topological polar surface area (TPSA) is 29.5 Å². The molecule has 13 heavy (non-hydrogen) atoms. The van der Waals surface area contributed by atoms with Gasteiger partial charge in [0.2, 0.25) is 0 Å². The second-order valence-corrected chi connectivity index (χ2v) is 4.04. The van der Waals surface area contributed by atoms with Gasteiger partial charge in [-0.3, -0.25) is 9.69 Å². The number of ether oxygens (including phenoxy) is 1. The third kappa shape index (κ3) is 1.85. The van der Waals surface area contributed by atoms with Gasteiger partial charge in [-0.1, -0.05) is 0 Å². The molecule has 0 radical (unpaired) electrons. The molecule has 0 spiro atoms. The van der Waals surface area contributed by atoms with Crippen molar-refractivity contribution in [2.75, 3.05) is 13.1 Å². The Hall–Kier alpha value is -0.570. The van der Waals surface area contributed by atoms with E-state index in [-0.39, 0.29) is 12.1 Å². The molecule has 0 amide bonds. The van der Waals surface area contributed by atoms with Gasteiger partial charge in [0.25, 0.3) is 0 Å². The molecule has 0 aromatic carbocycles. The Morgan fingerprint density at radius 2 is 2.00 bits per heavy atom. The fourth-order valence-corrected chi connectivity index (χ4v) is 2.59. The second-order valence-electron chi connectivity index (χ2n) is 4.04. The number of nitrogens with zero attached hydrogens (tertiary/aromatic N) is 1. The maximum atomic E-state index is 10.9. The van der Waals surface area contributed by atoms with Gasteiger partial charge in [0.1, 0.15) is 6.10 Å². The van der Waals surface area contributed by atoms with Crippen LogP contribution in [0.4, 0.5) is 0 Å². The Morgan fingerprint density at radius 3 is 2.69 bits per heavy atom. The van der Waals surface area contributed by atoms with E-state index in [4.69, 9.17) is 4.74 Å². The van der Waals surface area contributed by atoms with Gasteiger partial charge >= 0.3 is 5.97 Å². The highest BCUT2D eigenvalue weighted by molar-refractivity contribution is 5.66. The summed E-state index contributed by atoms with van der Waals surface area (Å²) in [7, 11) is 0. The van der Waals surface area contributed by atoms with Gasteiger partial charge in [0, 0.05) is 13.0 Å². The van der Waals surface area contributed by atoms with Crippen LogP contribution in [0.3, 0.4) is 0 Å². The lowest BCUT2D eigenvalue weighted by Gasteiger charge is -2.35. The van der Waals surface area contributed by atoms with Crippen LogP contribution in [0.1, 0.15) is 32.6 Å². The molecule has 2 atom stereocenters. The van der Waals surface area contributed by atoms with Gasteiger partial charge in [-0.2, -0.15) is 0 Å². The fraction of sp³-hybridized carbons (Fsp3) is 0.900. The molecular formula is C10H17NO2. The molecule has 74 valence electrons. The van der Waals surface area contributed by atoms with Crippen molar-refractivity contribution in [3.05, 3.63) is 0 Å². The van der Waals surface area contributed by atoms with Crippen molar-refractivity contribution in [2.24, 2.45) is 0 Å².